The summed E-state index contributed by atoms with van der Waals surface area (Å²) in [6, 6.07) is 0. The molecule has 0 heterocycles. The molecule has 0 aliphatic rings. The molecular formula is C7H15NO3. The molecule has 0 aromatic rings. The van der Waals surface area contributed by atoms with E-state index in [4.69, 9.17) is 0 Å². The van der Waals surface area contributed by atoms with Crippen molar-refractivity contribution in [2.75, 3.05) is 0 Å². The predicted octanol–water partition coefficient (Wildman–Crippen LogP) is 2.16. The van der Waals surface area contributed by atoms with Crippen molar-refractivity contribution in [1.29, 1.82) is 0 Å². The van der Waals surface area contributed by atoms with Gasteiger partial charge in [-0.1, -0.05) is 26.7 Å². The lowest BCUT2D eigenvalue weighted by molar-refractivity contribution is -0.769. The predicted molar refractivity (Wildman–Crippen MR) is 41.7 cm³/mol. The molecule has 0 unspecified atom stereocenters. The minimum absolute atomic E-state index is 0.194. The Labute approximate surface area is 66.6 Å². The van der Waals surface area contributed by atoms with Gasteiger partial charge in [0.1, 0.15) is 6.10 Å². The van der Waals surface area contributed by atoms with Crippen LogP contribution in [0.4, 0.5) is 0 Å². The maximum atomic E-state index is 9.94. The van der Waals surface area contributed by atoms with Gasteiger partial charge in [0.25, 0.3) is 5.09 Å². The van der Waals surface area contributed by atoms with Crippen LogP contribution in [0.15, 0.2) is 0 Å². The molecule has 0 amide bonds. The summed E-state index contributed by atoms with van der Waals surface area (Å²) in [5, 5.41) is 9.24. The van der Waals surface area contributed by atoms with E-state index in [1.807, 2.05) is 13.8 Å². The number of hydrogen-bond donors (Lipinski definition) is 0. The molecule has 0 spiro atoms. The second-order valence-electron chi connectivity index (χ2n) is 2.53. The molecule has 0 aliphatic heterocycles. The van der Waals surface area contributed by atoms with E-state index in [2.05, 4.69) is 4.84 Å². The van der Waals surface area contributed by atoms with Gasteiger partial charge in [0, 0.05) is 0 Å². The molecule has 0 aromatic heterocycles. The Bertz CT molecular complexity index is 110. The number of nitrogens with zero attached hydrogens (tertiary/aromatic N) is 1. The first-order chi connectivity index (χ1) is 5.20. The Morgan fingerprint density at radius 1 is 1.36 bits per heavy atom. The van der Waals surface area contributed by atoms with Gasteiger partial charge in [-0.2, -0.15) is 0 Å². The van der Waals surface area contributed by atoms with Gasteiger partial charge in [-0.3, -0.25) is 0 Å². The molecule has 0 rings (SSSR count). The molecule has 0 saturated carbocycles. The lowest BCUT2D eigenvalue weighted by Gasteiger charge is -2.11. The van der Waals surface area contributed by atoms with Gasteiger partial charge in [0.2, 0.25) is 0 Å². The first-order valence-corrected chi connectivity index (χ1v) is 4.01. The Hall–Kier alpha value is -0.800. The standard InChI is InChI=1S/C7H15NO3/c1-3-5-7(6-4-2)11-8(9)10/h7H,3-6H2,1-2H3. The molecule has 0 bridgehead atoms. The smallest absolute Gasteiger partial charge is 0.294 e. The van der Waals surface area contributed by atoms with Gasteiger partial charge in [0.15, 0.2) is 0 Å². The van der Waals surface area contributed by atoms with Crippen LogP contribution in [0.25, 0.3) is 0 Å². The van der Waals surface area contributed by atoms with Crippen LogP contribution in [0, 0.1) is 10.1 Å². The molecule has 11 heavy (non-hydrogen) atoms. The summed E-state index contributed by atoms with van der Waals surface area (Å²) in [5.41, 5.74) is 0. The minimum atomic E-state index is -0.698. The Kier molecular flexibility index (Phi) is 5.51. The molecule has 0 saturated heterocycles. The topological polar surface area (TPSA) is 52.4 Å². The molecule has 66 valence electrons. The summed E-state index contributed by atoms with van der Waals surface area (Å²) in [4.78, 5) is 14.4. The van der Waals surface area contributed by atoms with Gasteiger partial charge < -0.3 is 4.84 Å². The SMILES string of the molecule is CCCC(CCC)O[N+](=O)[O-]. The van der Waals surface area contributed by atoms with Crippen molar-refractivity contribution in [3.05, 3.63) is 10.1 Å². The van der Waals surface area contributed by atoms with Crippen LogP contribution in [-0.2, 0) is 4.84 Å². The average Bonchev–Trinajstić information content (AvgIpc) is 1.87. The molecule has 4 nitrogen and oxygen atoms in total. The first kappa shape index (κ1) is 10.2. The van der Waals surface area contributed by atoms with E-state index in [9.17, 15) is 10.1 Å². The van der Waals surface area contributed by atoms with Crippen LogP contribution in [0.1, 0.15) is 39.5 Å². The third-order valence-corrected chi connectivity index (χ3v) is 1.46. The summed E-state index contributed by atoms with van der Waals surface area (Å²) >= 11 is 0. The molecule has 0 atom stereocenters. The quantitative estimate of drug-likeness (QED) is 0.443. The molecular weight excluding hydrogens is 146 g/mol. The molecule has 4 heteroatoms. The highest BCUT2D eigenvalue weighted by Crippen LogP contribution is 2.08. The van der Waals surface area contributed by atoms with E-state index in [1.165, 1.54) is 0 Å². The van der Waals surface area contributed by atoms with Gasteiger partial charge >= 0.3 is 0 Å². The van der Waals surface area contributed by atoms with E-state index in [-0.39, 0.29) is 6.10 Å². The fourth-order valence-electron chi connectivity index (χ4n) is 1.02. The van der Waals surface area contributed by atoms with Gasteiger partial charge in [-0.05, 0) is 12.8 Å². The normalized spacial score (nSPS) is 10.1. The molecule has 0 N–H and O–H groups in total. The highest BCUT2D eigenvalue weighted by molar-refractivity contribution is 4.53. The van der Waals surface area contributed by atoms with Crippen LogP contribution in [0.5, 0.6) is 0 Å². The van der Waals surface area contributed by atoms with Gasteiger partial charge in [0.05, 0.1) is 0 Å². The average molecular weight is 161 g/mol. The van der Waals surface area contributed by atoms with Crippen molar-refractivity contribution in [2.24, 2.45) is 0 Å². The highest BCUT2D eigenvalue weighted by atomic mass is 17.0. The van der Waals surface area contributed by atoms with Crippen LogP contribution >= 0.6 is 0 Å². The molecule has 0 aliphatic carbocycles. The lowest BCUT2D eigenvalue weighted by Crippen LogP contribution is -2.16. The summed E-state index contributed by atoms with van der Waals surface area (Å²) in [5.74, 6) is 0. The van der Waals surface area contributed by atoms with E-state index in [0.29, 0.717) is 0 Å². The van der Waals surface area contributed by atoms with Crippen molar-refractivity contribution >= 4 is 0 Å². The van der Waals surface area contributed by atoms with E-state index >= 15 is 0 Å². The summed E-state index contributed by atoms with van der Waals surface area (Å²) in [7, 11) is 0. The van der Waals surface area contributed by atoms with Crippen molar-refractivity contribution in [1.82, 2.24) is 0 Å². The van der Waals surface area contributed by atoms with E-state index < -0.39 is 5.09 Å². The Morgan fingerprint density at radius 3 is 2.09 bits per heavy atom. The molecule has 0 radical (unpaired) electrons. The van der Waals surface area contributed by atoms with Gasteiger partial charge in [-0.25, -0.2) is 0 Å². The maximum absolute atomic E-state index is 9.94. The van der Waals surface area contributed by atoms with E-state index in [1.54, 1.807) is 0 Å². The molecule has 0 fully saturated rings. The zero-order chi connectivity index (χ0) is 8.69. The van der Waals surface area contributed by atoms with Gasteiger partial charge in [-0.15, -0.1) is 10.1 Å². The largest absolute Gasteiger partial charge is 0.311 e. The number of hydrogen-bond acceptors (Lipinski definition) is 3. The van der Waals surface area contributed by atoms with E-state index in [0.717, 1.165) is 25.7 Å². The number of rotatable bonds is 6. The fraction of sp³-hybridized carbons (Fsp3) is 1.00. The summed E-state index contributed by atoms with van der Waals surface area (Å²) < 4.78 is 0. The first-order valence-electron chi connectivity index (χ1n) is 4.01. The zero-order valence-corrected chi connectivity index (χ0v) is 7.08. The third-order valence-electron chi connectivity index (χ3n) is 1.46. The monoisotopic (exact) mass is 161 g/mol. The second-order valence-corrected chi connectivity index (χ2v) is 2.53. The van der Waals surface area contributed by atoms with Crippen molar-refractivity contribution in [3.8, 4) is 0 Å². The zero-order valence-electron chi connectivity index (χ0n) is 7.08. The fourth-order valence-corrected chi connectivity index (χ4v) is 1.02. The third kappa shape index (κ3) is 5.63. The van der Waals surface area contributed by atoms with Crippen molar-refractivity contribution in [3.63, 3.8) is 0 Å². The summed E-state index contributed by atoms with van der Waals surface area (Å²) in [6.45, 7) is 3.98. The van der Waals surface area contributed by atoms with Crippen LogP contribution in [0.2, 0.25) is 0 Å². The minimum Gasteiger partial charge on any atom is -0.311 e. The Morgan fingerprint density at radius 2 is 1.82 bits per heavy atom. The van der Waals surface area contributed by atoms with Crippen LogP contribution in [-0.4, -0.2) is 11.2 Å². The summed E-state index contributed by atoms with van der Waals surface area (Å²) in [6.07, 6.45) is 3.21. The van der Waals surface area contributed by atoms with Crippen LogP contribution in [0.3, 0.4) is 0 Å². The lowest BCUT2D eigenvalue weighted by atomic mass is 10.1. The highest BCUT2D eigenvalue weighted by Gasteiger charge is 2.09. The maximum Gasteiger partial charge on any atom is 0.294 e. The Balaban J connectivity index is 3.59. The van der Waals surface area contributed by atoms with Crippen molar-refractivity contribution < 1.29 is 9.92 Å². The van der Waals surface area contributed by atoms with Crippen molar-refractivity contribution in [2.45, 2.75) is 45.6 Å². The molecule has 0 aromatic carbocycles. The second kappa shape index (κ2) is 5.95. The van der Waals surface area contributed by atoms with Crippen LogP contribution < -0.4 is 0 Å².